The summed E-state index contributed by atoms with van der Waals surface area (Å²) in [6.07, 6.45) is 1.30. The molecule has 0 radical (unpaired) electrons. The highest BCUT2D eigenvalue weighted by molar-refractivity contribution is 5.40. The minimum Gasteiger partial charge on any atom is -0.497 e. The third-order valence-electron chi connectivity index (χ3n) is 3.42. The molecule has 1 unspecified atom stereocenters. The van der Waals surface area contributed by atoms with E-state index >= 15 is 0 Å². The molecular formula is C15H24N2O2. The number of likely N-dealkylation sites (N-methyl/N-ethyl adjacent to an activating group) is 1. The van der Waals surface area contributed by atoms with Gasteiger partial charge in [-0.1, -0.05) is 0 Å². The fraction of sp³-hybridized carbons (Fsp3) is 0.600. The largest absolute Gasteiger partial charge is 0.497 e. The van der Waals surface area contributed by atoms with Gasteiger partial charge in [-0.05, 0) is 45.8 Å². The molecule has 19 heavy (non-hydrogen) atoms. The minimum atomic E-state index is 0.252. The van der Waals surface area contributed by atoms with E-state index < -0.39 is 0 Å². The predicted molar refractivity (Wildman–Crippen MR) is 76.9 cm³/mol. The normalized spacial score (nSPS) is 19.7. The van der Waals surface area contributed by atoms with Crippen LogP contribution in [-0.4, -0.2) is 57.2 Å². The Morgan fingerprint density at radius 1 is 1.42 bits per heavy atom. The second-order valence-electron chi connectivity index (χ2n) is 5.50. The van der Waals surface area contributed by atoms with Crippen LogP contribution >= 0.6 is 0 Å². The van der Waals surface area contributed by atoms with E-state index in [0.29, 0.717) is 0 Å². The highest BCUT2D eigenvalue weighted by Gasteiger charge is 2.21. The molecule has 1 aromatic rings. The summed E-state index contributed by atoms with van der Waals surface area (Å²) in [5, 5.41) is 0. The van der Waals surface area contributed by atoms with E-state index in [2.05, 4.69) is 37.0 Å². The molecule has 4 nitrogen and oxygen atoms in total. The van der Waals surface area contributed by atoms with Crippen LogP contribution in [0.4, 0.5) is 0 Å². The zero-order valence-corrected chi connectivity index (χ0v) is 12.3. The van der Waals surface area contributed by atoms with Crippen LogP contribution in [0.2, 0.25) is 0 Å². The molecule has 0 bridgehead atoms. The van der Waals surface area contributed by atoms with Gasteiger partial charge in [-0.2, -0.15) is 0 Å². The van der Waals surface area contributed by atoms with Crippen LogP contribution < -0.4 is 9.47 Å². The number of rotatable bonds is 4. The number of benzene rings is 1. The van der Waals surface area contributed by atoms with Gasteiger partial charge < -0.3 is 14.4 Å². The number of nitrogens with zero attached hydrogens (tertiary/aromatic N) is 2. The Labute approximate surface area is 115 Å². The van der Waals surface area contributed by atoms with Gasteiger partial charge in [0.15, 0.2) is 0 Å². The molecule has 0 amide bonds. The standard InChI is InChI=1S/C15H24N2O2/c1-16(2)8-7-14-11-17(3)10-12-9-13(18-4)5-6-15(12)19-14/h5-6,9,14H,7-8,10-11H2,1-4H3. The Morgan fingerprint density at radius 3 is 2.89 bits per heavy atom. The number of fused-ring (bicyclic) bond motifs is 1. The van der Waals surface area contributed by atoms with Crippen LogP contribution in [0, 0.1) is 0 Å². The second kappa shape index (κ2) is 6.26. The third-order valence-corrected chi connectivity index (χ3v) is 3.42. The van der Waals surface area contributed by atoms with Crippen LogP contribution in [-0.2, 0) is 6.54 Å². The van der Waals surface area contributed by atoms with Crippen molar-refractivity contribution < 1.29 is 9.47 Å². The first-order valence-electron chi connectivity index (χ1n) is 6.75. The van der Waals surface area contributed by atoms with Crippen molar-refractivity contribution in [1.29, 1.82) is 0 Å². The lowest BCUT2D eigenvalue weighted by atomic mass is 10.2. The van der Waals surface area contributed by atoms with Crippen molar-refractivity contribution >= 4 is 0 Å². The lowest BCUT2D eigenvalue weighted by Gasteiger charge is -2.21. The second-order valence-corrected chi connectivity index (χ2v) is 5.50. The monoisotopic (exact) mass is 264 g/mol. The average molecular weight is 264 g/mol. The van der Waals surface area contributed by atoms with Crippen molar-refractivity contribution in [3.8, 4) is 11.5 Å². The fourth-order valence-electron chi connectivity index (χ4n) is 2.39. The molecular weight excluding hydrogens is 240 g/mol. The third kappa shape index (κ3) is 3.85. The molecule has 2 rings (SSSR count). The van der Waals surface area contributed by atoms with Gasteiger partial charge in [0.25, 0.3) is 0 Å². The predicted octanol–water partition coefficient (Wildman–Crippen LogP) is 1.84. The summed E-state index contributed by atoms with van der Waals surface area (Å²) >= 11 is 0. The van der Waals surface area contributed by atoms with Crippen molar-refractivity contribution in [2.75, 3.05) is 41.3 Å². The molecule has 1 atom stereocenters. The quantitative estimate of drug-likeness (QED) is 0.828. The summed E-state index contributed by atoms with van der Waals surface area (Å²) in [6, 6.07) is 6.06. The highest BCUT2D eigenvalue weighted by Crippen LogP contribution is 2.29. The summed E-state index contributed by atoms with van der Waals surface area (Å²) in [5.41, 5.74) is 1.20. The summed E-state index contributed by atoms with van der Waals surface area (Å²) in [5.74, 6) is 1.89. The highest BCUT2D eigenvalue weighted by atomic mass is 16.5. The molecule has 106 valence electrons. The lowest BCUT2D eigenvalue weighted by Crippen LogP contribution is -2.32. The zero-order chi connectivity index (χ0) is 13.8. The van der Waals surface area contributed by atoms with Crippen LogP contribution in [0.15, 0.2) is 18.2 Å². The van der Waals surface area contributed by atoms with E-state index in [-0.39, 0.29) is 6.10 Å². The maximum absolute atomic E-state index is 6.15. The summed E-state index contributed by atoms with van der Waals surface area (Å²) in [7, 11) is 8.03. The van der Waals surface area contributed by atoms with Gasteiger partial charge in [0.2, 0.25) is 0 Å². The maximum Gasteiger partial charge on any atom is 0.124 e. The molecule has 1 heterocycles. The van der Waals surface area contributed by atoms with Crippen LogP contribution in [0.5, 0.6) is 11.5 Å². The smallest absolute Gasteiger partial charge is 0.124 e. The van der Waals surface area contributed by atoms with Crippen LogP contribution in [0.1, 0.15) is 12.0 Å². The Hall–Kier alpha value is -1.26. The van der Waals surface area contributed by atoms with E-state index in [0.717, 1.165) is 37.6 Å². The fourth-order valence-corrected chi connectivity index (χ4v) is 2.39. The average Bonchev–Trinajstić information content (AvgIpc) is 2.52. The van der Waals surface area contributed by atoms with Gasteiger partial charge in [0.05, 0.1) is 7.11 Å². The first-order chi connectivity index (χ1) is 9.08. The number of hydrogen-bond donors (Lipinski definition) is 0. The topological polar surface area (TPSA) is 24.9 Å². The molecule has 1 aromatic carbocycles. The van der Waals surface area contributed by atoms with E-state index in [1.807, 2.05) is 12.1 Å². The molecule has 0 spiro atoms. The summed E-state index contributed by atoms with van der Waals surface area (Å²) in [6.45, 7) is 2.92. The van der Waals surface area contributed by atoms with Gasteiger partial charge in [0.1, 0.15) is 17.6 Å². The molecule has 1 aliphatic rings. The van der Waals surface area contributed by atoms with Crippen molar-refractivity contribution in [1.82, 2.24) is 9.80 Å². The van der Waals surface area contributed by atoms with E-state index in [9.17, 15) is 0 Å². The van der Waals surface area contributed by atoms with Crippen LogP contribution in [0.3, 0.4) is 0 Å². The number of ether oxygens (including phenoxy) is 2. The van der Waals surface area contributed by atoms with E-state index in [1.165, 1.54) is 5.56 Å². The van der Waals surface area contributed by atoms with Gasteiger partial charge in [0, 0.05) is 25.2 Å². The van der Waals surface area contributed by atoms with Gasteiger partial charge in [-0.15, -0.1) is 0 Å². The Kier molecular flexibility index (Phi) is 4.66. The zero-order valence-electron chi connectivity index (χ0n) is 12.3. The first kappa shape index (κ1) is 14.2. The molecule has 1 aliphatic heterocycles. The van der Waals surface area contributed by atoms with Gasteiger partial charge in [-0.25, -0.2) is 0 Å². The Balaban J connectivity index is 2.12. The van der Waals surface area contributed by atoms with E-state index in [4.69, 9.17) is 9.47 Å². The Morgan fingerprint density at radius 2 is 2.21 bits per heavy atom. The molecule has 0 aromatic heterocycles. The SMILES string of the molecule is COc1ccc2c(c1)CN(C)CC(CCN(C)C)O2. The van der Waals surface area contributed by atoms with Gasteiger partial charge >= 0.3 is 0 Å². The van der Waals surface area contributed by atoms with Crippen molar-refractivity contribution in [2.24, 2.45) is 0 Å². The maximum atomic E-state index is 6.15. The summed E-state index contributed by atoms with van der Waals surface area (Å²) < 4.78 is 11.4. The molecule has 0 saturated heterocycles. The van der Waals surface area contributed by atoms with Crippen LogP contribution in [0.25, 0.3) is 0 Å². The molecule has 0 aliphatic carbocycles. The molecule has 0 saturated carbocycles. The summed E-state index contributed by atoms with van der Waals surface area (Å²) in [4.78, 5) is 4.51. The Bertz CT molecular complexity index is 421. The number of hydrogen-bond acceptors (Lipinski definition) is 4. The lowest BCUT2D eigenvalue weighted by molar-refractivity contribution is 0.144. The minimum absolute atomic E-state index is 0.252. The van der Waals surface area contributed by atoms with Crippen molar-refractivity contribution in [2.45, 2.75) is 19.1 Å². The molecule has 4 heteroatoms. The van der Waals surface area contributed by atoms with Crippen molar-refractivity contribution in [3.05, 3.63) is 23.8 Å². The first-order valence-corrected chi connectivity index (χ1v) is 6.75. The molecule has 0 N–H and O–H groups in total. The van der Waals surface area contributed by atoms with Crippen molar-refractivity contribution in [3.63, 3.8) is 0 Å². The number of methoxy groups -OCH3 is 1. The van der Waals surface area contributed by atoms with E-state index in [1.54, 1.807) is 7.11 Å². The van der Waals surface area contributed by atoms with Gasteiger partial charge in [-0.3, -0.25) is 4.90 Å². The molecule has 0 fully saturated rings.